The molecule has 0 aromatic heterocycles. The summed E-state index contributed by atoms with van der Waals surface area (Å²) in [5, 5.41) is 10.4. The zero-order valence-electron chi connectivity index (χ0n) is 26.6. The van der Waals surface area contributed by atoms with Gasteiger partial charge in [-0.3, -0.25) is 9.59 Å². The van der Waals surface area contributed by atoms with Crippen LogP contribution in [0.2, 0.25) is 0 Å². The SMILES string of the molecule is CC1=C(O)C(=O)C=C2C1=CC=C1[C@@]2(C)CC[C@@]2(C)[C@@H]3C[C@](C)(C(=O)OCc4ccc(C(F)(F)F)cc4)CC[C@]3(C)CC[C@]12C. The van der Waals surface area contributed by atoms with Crippen LogP contribution >= 0.6 is 0 Å². The predicted molar refractivity (Wildman–Crippen MR) is 162 cm³/mol. The number of aliphatic hydroxyl groups excluding tert-OH is 1. The molecule has 1 aromatic carbocycles. The first-order valence-corrected chi connectivity index (χ1v) is 15.8. The summed E-state index contributed by atoms with van der Waals surface area (Å²) >= 11 is 0. The average molecular weight is 609 g/mol. The van der Waals surface area contributed by atoms with Crippen LogP contribution < -0.4 is 0 Å². The Kier molecular flexibility index (Phi) is 6.82. The fourth-order valence-electron chi connectivity index (χ4n) is 9.76. The topological polar surface area (TPSA) is 63.6 Å². The number of rotatable bonds is 3. The van der Waals surface area contributed by atoms with Crippen molar-refractivity contribution in [3.8, 4) is 0 Å². The first-order chi connectivity index (χ1) is 20.4. The first kappa shape index (κ1) is 30.9. The molecule has 6 rings (SSSR count). The highest BCUT2D eigenvalue weighted by Crippen LogP contribution is 2.75. The maximum atomic E-state index is 13.7. The number of fused-ring (bicyclic) bond motifs is 7. The van der Waals surface area contributed by atoms with Gasteiger partial charge in [0.15, 0.2) is 5.76 Å². The van der Waals surface area contributed by atoms with Crippen LogP contribution in [0.4, 0.5) is 13.2 Å². The molecule has 236 valence electrons. The fraction of sp³-hybridized carbons (Fsp3) is 0.568. The van der Waals surface area contributed by atoms with Crippen molar-refractivity contribution in [3.05, 3.63) is 81.7 Å². The molecular formula is C37H43F3O4. The molecule has 0 spiro atoms. The predicted octanol–water partition coefficient (Wildman–Crippen LogP) is 9.38. The zero-order valence-corrected chi connectivity index (χ0v) is 26.6. The minimum atomic E-state index is -4.41. The molecule has 5 aliphatic rings. The summed E-state index contributed by atoms with van der Waals surface area (Å²) in [6, 6.07) is 4.79. The van der Waals surface area contributed by atoms with Crippen molar-refractivity contribution in [2.45, 2.75) is 99.3 Å². The molecule has 44 heavy (non-hydrogen) atoms. The Morgan fingerprint density at radius 1 is 0.955 bits per heavy atom. The quantitative estimate of drug-likeness (QED) is 0.347. The second-order valence-electron chi connectivity index (χ2n) is 15.4. The number of allylic oxidation sites excluding steroid dienone is 7. The third-order valence-electron chi connectivity index (χ3n) is 13.0. The zero-order chi connectivity index (χ0) is 32.1. The average Bonchev–Trinajstić information content (AvgIpc) is 2.97. The van der Waals surface area contributed by atoms with Crippen molar-refractivity contribution in [1.29, 1.82) is 0 Å². The number of hydrogen-bond donors (Lipinski definition) is 1. The summed E-state index contributed by atoms with van der Waals surface area (Å²) in [6.07, 6.45) is 7.78. The van der Waals surface area contributed by atoms with Gasteiger partial charge in [-0.15, -0.1) is 0 Å². The third-order valence-corrected chi connectivity index (χ3v) is 13.0. The molecule has 3 fully saturated rings. The van der Waals surface area contributed by atoms with E-state index in [0.29, 0.717) is 17.6 Å². The third kappa shape index (κ3) is 4.31. The lowest BCUT2D eigenvalue weighted by molar-refractivity contribution is -0.183. The second kappa shape index (κ2) is 9.70. The van der Waals surface area contributed by atoms with Gasteiger partial charge in [-0.1, -0.05) is 57.6 Å². The molecule has 3 saturated carbocycles. The molecule has 0 saturated heterocycles. The Bertz CT molecular complexity index is 1560. The fourth-order valence-corrected chi connectivity index (χ4v) is 9.76. The number of alkyl halides is 3. The Hall–Kier alpha value is -3.09. The summed E-state index contributed by atoms with van der Waals surface area (Å²) < 4.78 is 44.7. The van der Waals surface area contributed by atoms with Crippen LogP contribution in [0.3, 0.4) is 0 Å². The number of benzene rings is 1. The van der Waals surface area contributed by atoms with E-state index in [9.17, 15) is 27.9 Å². The number of carbonyl (C=O) groups excluding carboxylic acids is 2. The maximum absolute atomic E-state index is 13.7. The van der Waals surface area contributed by atoms with Crippen molar-refractivity contribution in [2.75, 3.05) is 0 Å². The first-order valence-electron chi connectivity index (χ1n) is 15.8. The van der Waals surface area contributed by atoms with Gasteiger partial charge in [-0.2, -0.15) is 13.2 Å². The van der Waals surface area contributed by atoms with Gasteiger partial charge >= 0.3 is 12.1 Å². The van der Waals surface area contributed by atoms with E-state index in [1.165, 1.54) is 17.7 Å². The van der Waals surface area contributed by atoms with Crippen LogP contribution in [0.1, 0.15) is 97.6 Å². The van der Waals surface area contributed by atoms with E-state index in [1.807, 2.05) is 13.8 Å². The summed E-state index contributed by atoms with van der Waals surface area (Å²) in [7, 11) is 0. The lowest BCUT2D eigenvalue weighted by Crippen LogP contribution is -2.62. The van der Waals surface area contributed by atoms with Gasteiger partial charge in [0, 0.05) is 11.0 Å². The lowest BCUT2D eigenvalue weighted by Gasteiger charge is -2.70. The van der Waals surface area contributed by atoms with Crippen molar-refractivity contribution >= 4 is 11.8 Å². The highest BCUT2D eigenvalue weighted by molar-refractivity contribution is 6.06. The molecule has 6 atom stereocenters. The number of ether oxygens (including phenoxy) is 1. The maximum Gasteiger partial charge on any atom is 0.416 e. The van der Waals surface area contributed by atoms with E-state index >= 15 is 0 Å². The Morgan fingerprint density at radius 3 is 2.27 bits per heavy atom. The molecule has 0 unspecified atom stereocenters. The Balaban J connectivity index is 1.28. The highest BCUT2D eigenvalue weighted by Gasteiger charge is 2.67. The van der Waals surface area contributed by atoms with Gasteiger partial charge < -0.3 is 9.84 Å². The van der Waals surface area contributed by atoms with Crippen molar-refractivity contribution in [3.63, 3.8) is 0 Å². The molecule has 1 N–H and O–H groups in total. The smallest absolute Gasteiger partial charge is 0.416 e. The molecule has 0 radical (unpaired) electrons. The number of halogens is 3. The normalized spacial score (nSPS) is 38.3. The van der Waals surface area contributed by atoms with Gasteiger partial charge in [0.25, 0.3) is 0 Å². The van der Waals surface area contributed by atoms with E-state index in [0.717, 1.165) is 61.8 Å². The minimum Gasteiger partial charge on any atom is -0.504 e. The number of hydrogen-bond acceptors (Lipinski definition) is 4. The summed E-state index contributed by atoms with van der Waals surface area (Å²) in [4.78, 5) is 26.4. The van der Waals surface area contributed by atoms with Crippen molar-refractivity contribution < 1.29 is 32.6 Å². The standard InChI is InChI=1S/C37H43F3O4/c1-22-25-11-12-28-34(4,26(25)19-27(41)30(22)42)16-18-36(6)29-20-33(3,14-13-32(29,2)15-17-35(28,36)5)31(43)44-21-23-7-9-24(10-8-23)37(38,39)40/h7-12,19,29,42H,13-18,20-21H2,1-6H3/t29-,32-,33-,34+,35-,36+/m1/s1. The van der Waals surface area contributed by atoms with Gasteiger partial charge in [0.1, 0.15) is 6.61 Å². The van der Waals surface area contributed by atoms with Crippen LogP contribution in [0.25, 0.3) is 0 Å². The lowest BCUT2D eigenvalue weighted by atomic mass is 9.34. The molecular weight excluding hydrogens is 565 g/mol. The molecule has 1 aromatic rings. The molecule has 0 bridgehead atoms. The van der Waals surface area contributed by atoms with E-state index in [2.05, 4.69) is 39.8 Å². The molecule has 0 amide bonds. The largest absolute Gasteiger partial charge is 0.504 e. The van der Waals surface area contributed by atoms with Crippen LogP contribution in [0, 0.1) is 33.0 Å². The second-order valence-corrected chi connectivity index (χ2v) is 15.4. The summed E-state index contributed by atoms with van der Waals surface area (Å²) in [6.45, 7) is 13.2. The highest BCUT2D eigenvalue weighted by atomic mass is 19.4. The van der Waals surface area contributed by atoms with E-state index in [4.69, 9.17) is 4.74 Å². The van der Waals surface area contributed by atoms with Crippen LogP contribution in [-0.2, 0) is 27.1 Å². The molecule has 0 aliphatic heterocycles. The summed E-state index contributed by atoms with van der Waals surface area (Å²) in [5.41, 5.74) is 2.56. The van der Waals surface area contributed by atoms with Crippen LogP contribution in [0.15, 0.2) is 70.5 Å². The van der Waals surface area contributed by atoms with Gasteiger partial charge in [0.05, 0.1) is 11.0 Å². The Morgan fingerprint density at radius 2 is 1.61 bits per heavy atom. The molecule has 7 heteroatoms. The monoisotopic (exact) mass is 608 g/mol. The van der Waals surface area contributed by atoms with Gasteiger partial charge in [-0.05, 0) is 116 Å². The number of esters is 1. The van der Waals surface area contributed by atoms with E-state index in [-0.39, 0.29) is 51.7 Å². The minimum absolute atomic E-state index is 0.0549. The van der Waals surface area contributed by atoms with Gasteiger partial charge in [0.2, 0.25) is 5.78 Å². The molecule has 4 nitrogen and oxygen atoms in total. The van der Waals surface area contributed by atoms with E-state index in [1.54, 1.807) is 6.08 Å². The number of carbonyl (C=O) groups is 2. The van der Waals surface area contributed by atoms with Crippen LogP contribution in [0.5, 0.6) is 0 Å². The van der Waals surface area contributed by atoms with Crippen molar-refractivity contribution in [1.82, 2.24) is 0 Å². The van der Waals surface area contributed by atoms with Crippen molar-refractivity contribution in [2.24, 2.45) is 33.0 Å². The Labute approximate surface area is 258 Å². The number of aliphatic hydroxyl groups is 1. The number of ketones is 1. The van der Waals surface area contributed by atoms with E-state index < -0.39 is 17.2 Å². The van der Waals surface area contributed by atoms with Gasteiger partial charge in [-0.25, -0.2) is 0 Å². The summed E-state index contributed by atoms with van der Waals surface area (Å²) in [5.74, 6) is -0.528. The molecule has 0 heterocycles. The molecule has 5 aliphatic carbocycles. The van der Waals surface area contributed by atoms with Crippen LogP contribution in [-0.4, -0.2) is 16.9 Å².